The predicted molar refractivity (Wildman–Crippen MR) is 83.6 cm³/mol. The number of aromatic amines is 1. The molecule has 0 bridgehead atoms. The first kappa shape index (κ1) is 13.6. The van der Waals surface area contributed by atoms with Crippen LogP contribution in [0, 0.1) is 5.41 Å². The van der Waals surface area contributed by atoms with Crippen LogP contribution in [-0.2, 0) is 6.42 Å². The molecule has 1 aromatic carbocycles. The van der Waals surface area contributed by atoms with Crippen molar-refractivity contribution in [2.24, 2.45) is 5.41 Å². The molecule has 0 aliphatic rings. The van der Waals surface area contributed by atoms with Crippen LogP contribution in [0.4, 0.5) is 0 Å². The van der Waals surface area contributed by atoms with E-state index in [1.54, 1.807) is 6.33 Å². The Labute approximate surface area is 124 Å². The van der Waals surface area contributed by atoms with Gasteiger partial charge in [0.2, 0.25) is 5.88 Å². The zero-order chi connectivity index (χ0) is 14.9. The highest BCUT2D eigenvalue weighted by Crippen LogP contribution is 2.25. The zero-order valence-electron chi connectivity index (χ0n) is 12.6. The van der Waals surface area contributed by atoms with Crippen molar-refractivity contribution in [2.75, 3.05) is 0 Å². The maximum absolute atomic E-state index is 5.85. The van der Waals surface area contributed by atoms with Gasteiger partial charge in [0.05, 0.1) is 0 Å². The molecule has 2 heterocycles. The third-order valence-corrected chi connectivity index (χ3v) is 3.16. The van der Waals surface area contributed by atoms with Crippen LogP contribution in [0.15, 0.2) is 42.9 Å². The summed E-state index contributed by atoms with van der Waals surface area (Å²) in [6.45, 7) is 6.57. The molecule has 0 spiro atoms. The van der Waals surface area contributed by atoms with Crippen LogP contribution in [-0.4, -0.2) is 15.0 Å². The fourth-order valence-electron chi connectivity index (χ4n) is 2.29. The Morgan fingerprint density at radius 2 is 1.95 bits per heavy atom. The van der Waals surface area contributed by atoms with Crippen molar-refractivity contribution < 1.29 is 4.74 Å². The van der Waals surface area contributed by atoms with E-state index < -0.39 is 0 Å². The van der Waals surface area contributed by atoms with Gasteiger partial charge in [-0.25, -0.2) is 9.97 Å². The molecule has 0 aliphatic carbocycles. The van der Waals surface area contributed by atoms with Crippen LogP contribution in [0.2, 0.25) is 0 Å². The van der Waals surface area contributed by atoms with Crippen LogP contribution in [0.5, 0.6) is 11.6 Å². The molecule has 3 rings (SSSR count). The molecule has 2 aromatic heterocycles. The molecular formula is C17H19N3O. The maximum atomic E-state index is 5.85. The number of H-pyrrole nitrogens is 1. The first-order valence-corrected chi connectivity index (χ1v) is 7.06. The third-order valence-electron chi connectivity index (χ3n) is 3.16. The van der Waals surface area contributed by atoms with E-state index >= 15 is 0 Å². The summed E-state index contributed by atoms with van der Waals surface area (Å²) >= 11 is 0. The second-order valence-corrected chi connectivity index (χ2v) is 6.41. The Morgan fingerprint density at radius 3 is 2.76 bits per heavy atom. The molecule has 21 heavy (non-hydrogen) atoms. The lowest BCUT2D eigenvalue weighted by Crippen LogP contribution is -2.10. The summed E-state index contributed by atoms with van der Waals surface area (Å²) in [5, 5.41) is 1.12. The molecule has 0 unspecified atom stereocenters. The average molecular weight is 281 g/mol. The van der Waals surface area contributed by atoms with E-state index in [1.165, 1.54) is 0 Å². The third kappa shape index (κ3) is 3.40. The number of hydrogen-bond acceptors (Lipinski definition) is 3. The van der Waals surface area contributed by atoms with Crippen molar-refractivity contribution in [1.82, 2.24) is 15.0 Å². The van der Waals surface area contributed by atoms with Crippen molar-refractivity contribution >= 4 is 10.9 Å². The molecule has 0 fully saturated rings. The summed E-state index contributed by atoms with van der Waals surface area (Å²) in [4.78, 5) is 11.7. The second kappa shape index (κ2) is 5.20. The predicted octanol–water partition coefficient (Wildman–Crippen LogP) is 4.34. The van der Waals surface area contributed by atoms with Gasteiger partial charge in [-0.2, -0.15) is 0 Å². The van der Waals surface area contributed by atoms with Gasteiger partial charge in [-0.1, -0.05) is 20.8 Å². The van der Waals surface area contributed by atoms with E-state index in [9.17, 15) is 0 Å². The van der Waals surface area contributed by atoms with Crippen LogP contribution in [0.3, 0.4) is 0 Å². The summed E-state index contributed by atoms with van der Waals surface area (Å²) < 4.78 is 5.85. The molecule has 4 nitrogen and oxygen atoms in total. The Hall–Kier alpha value is -2.36. The van der Waals surface area contributed by atoms with Gasteiger partial charge in [-0.3, -0.25) is 0 Å². The quantitative estimate of drug-likeness (QED) is 0.777. The molecule has 4 heteroatoms. The molecule has 3 aromatic rings. The molecule has 0 saturated carbocycles. The van der Waals surface area contributed by atoms with Crippen molar-refractivity contribution in [3.8, 4) is 11.6 Å². The standard InChI is InChI=1S/C17H19N3O/c1-17(2,3)10-13-9-16(20-11-19-13)21-14-4-5-15-12(8-14)6-7-18-15/h4-9,11,18H,10H2,1-3H3. The minimum Gasteiger partial charge on any atom is -0.439 e. The largest absolute Gasteiger partial charge is 0.439 e. The number of nitrogens with one attached hydrogen (secondary N) is 1. The van der Waals surface area contributed by atoms with Gasteiger partial charge in [0.15, 0.2) is 0 Å². The number of rotatable bonds is 3. The number of ether oxygens (including phenoxy) is 1. The molecular weight excluding hydrogens is 262 g/mol. The van der Waals surface area contributed by atoms with Crippen molar-refractivity contribution in [3.05, 3.63) is 48.5 Å². The van der Waals surface area contributed by atoms with Crippen molar-refractivity contribution in [2.45, 2.75) is 27.2 Å². The molecule has 1 N–H and O–H groups in total. The van der Waals surface area contributed by atoms with Gasteiger partial charge in [-0.15, -0.1) is 0 Å². The molecule has 108 valence electrons. The number of aromatic nitrogens is 3. The average Bonchev–Trinajstić information content (AvgIpc) is 2.84. The van der Waals surface area contributed by atoms with Gasteiger partial charge in [0.25, 0.3) is 0 Å². The second-order valence-electron chi connectivity index (χ2n) is 6.41. The molecule has 0 amide bonds. The number of fused-ring (bicyclic) bond motifs is 1. The van der Waals surface area contributed by atoms with Crippen molar-refractivity contribution in [1.29, 1.82) is 0 Å². The SMILES string of the molecule is CC(C)(C)Cc1cc(Oc2ccc3[nH]ccc3c2)ncn1. The van der Waals surface area contributed by atoms with E-state index in [0.29, 0.717) is 5.88 Å². The van der Waals surface area contributed by atoms with Crippen molar-refractivity contribution in [3.63, 3.8) is 0 Å². The zero-order valence-corrected chi connectivity index (χ0v) is 12.6. The molecule has 0 saturated heterocycles. The van der Waals surface area contributed by atoms with Gasteiger partial charge in [-0.05, 0) is 36.1 Å². The lowest BCUT2D eigenvalue weighted by molar-refractivity contribution is 0.402. The Morgan fingerprint density at radius 1 is 1.10 bits per heavy atom. The smallest absolute Gasteiger partial charge is 0.222 e. The highest BCUT2D eigenvalue weighted by atomic mass is 16.5. The Kier molecular flexibility index (Phi) is 3.37. The Bertz CT molecular complexity index is 756. The number of benzene rings is 1. The van der Waals surface area contributed by atoms with Crippen LogP contribution < -0.4 is 4.74 Å². The molecule has 0 atom stereocenters. The van der Waals surface area contributed by atoms with Gasteiger partial charge < -0.3 is 9.72 Å². The maximum Gasteiger partial charge on any atom is 0.222 e. The van der Waals surface area contributed by atoms with E-state index in [2.05, 4.69) is 35.7 Å². The number of hydrogen-bond donors (Lipinski definition) is 1. The fourth-order valence-corrected chi connectivity index (χ4v) is 2.29. The summed E-state index contributed by atoms with van der Waals surface area (Å²) in [5.74, 6) is 1.36. The van der Waals surface area contributed by atoms with E-state index in [-0.39, 0.29) is 5.41 Å². The van der Waals surface area contributed by atoms with Gasteiger partial charge in [0.1, 0.15) is 12.1 Å². The summed E-state index contributed by atoms with van der Waals surface area (Å²) in [6.07, 6.45) is 4.37. The Balaban J connectivity index is 1.82. The van der Waals surface area contributed by atoms with Crippen LogP contribution >= 0.6 is 0 Å². The first-order valence-electron chi connectivity index (χ1n) is 7.06. The normalized spacial score (nSPS) is 11.8. The summed E-state index contributed by atoms with van der Waals surface area (Å²) in [5.41, 5.74) is 2.28. The lowest BCUT2D eigenvalue weighted by Gasteiger charge is -2.17. The van der Waals surface area contributed by atoms with Gasteiger partial charge >= 0.3 is 0 Å². The highest BCUT2D eigenvalue weighted by Gasteiger charge is 2.13. The molecule has 0 radical (unpaired) electrons. The first-order chi connectivity index (χ1) is 9.99. The summed E-state index contributed by atoms with van der Waals surface area (Å²) in [6, 6.07) is 9.86. The minimum atomic E-state index is 0.190. The molecule has 0 aliphatic heterocycles. The topological polar surface area (TPSA) is 50.8 Å². The van der Waals surface area contributed by atoms with E-state index in [1.807, 2.05) is 36.5 Å². The van der Waals surface area contributed by atoms with E-state index in [4.69, 9.17) is 4.74 Å². The van der Waals surface area contributed by atoms with E-state index in [0.717, 1.165) is 28.8 Å². The highest BCUT2D eigenvalue weighted by molar-refractivity contribution is 5.80. The number of nitrogens with zero attached hydrogens (tertiary/aromatic N) is 2. The van der Waals surface area contributed by atoms with Crippen LogP contribution in [0.1, 0.15) is 26.5 Å². The van der Waals surface area contributed by atoms with Crippen LogP contribution in [0.25, 0.3) is 10.9 Å². The van der Waals surface area contributed by atoms with Gasteiger partial charge in [0, 0.05) is 28.9 Å². The monoisotopic (exact) mass is 281 g/mol. The summed E-state index contributed by atoms with van der Waals surface area (Å²) in [7, 11) is 0. The fraction of sp³-hybridized carbons (Fsp3) is 0.294. The lowest BCUT2D eigenvalue weighted by atomic mass is 9.90. The minimum absolute atomic E-state index is 0.190.